The third kappa shape index (κ3) is 6.87. The van der Waals surface area contributed by atoms with Crippen LogP contribution in [0.1, 0.15) is 12.0 Å². The van der Waals surface area contributed by atoms with Gasteiger partial charge >= 0.3 is 0 Å². The molecule has 0 fully saturated rings. The van der Waals surface area contributed by atoms with Gasteiger partial charge in [-0.1, -0.05) is 12.1 Å². The summed E-state index contributed by atoms with van der Waals surface area (Å²) in [5.41, 5.74) is 0.723. The Labute approximate surface area is 184 Å². The number of hydrogen-bond acceptors (Lipinski definition) is 7. The Balaban J connectivity index is 1.44. The first-order chi connectivity index (χ1) is 15.2. The Morgan fingerprint density at radius 1 is 1.06 bits per heavy atom. The van der Waals surface area contributed by atoms with Gasteiger partial charge in [0.05, 0.1) is 20.3 Å². The number of rotatable bonds is 10. The van der Waals surface area contributed by atoms with Crippen molar-refractivity contribution >= 4 is 28.5 Å². The molecule has 1 aromatic heterocycles. The predicted molar refractivity (Wildman–Crippen MR) is 119 cm³/mol. The smallest absolute Gasteiger partial charge is 0.268 e. The van der Waals surface area contributed by atoms with E-state index in [4.69, 9.17) is 14.2 Å². The highest BCUT2D eigenvalue weighted by Crippen LogP contribution is 2.18. The number of hydrogen-bond donors (Lipinski definition) is 1. The highest BCUT2D eigenvalue weighted by molar-refractivity contribution is 7.13. The van der Waals surface area contributed by atoms with E-state index in [9.17, 15) is 10.1 Å². The Morgan fingerprint density at radius 3 is 2.23 bits per heavy atom. The van der Waals surface area contributed by atoms with E-state index in [0.717, 1.165) is 23.5 Å². The van der Waals surface area contributed by atoms with Gasteiger partial charge in [-0.25, -0.2) is 4.98 Å². The van der Waals surface area contributed by atoms with Crippen LogP contribution < -0.4 is 19.5 Å². The zero-order valence-electron chi connectivity index (χ0n) is 16.9. The number of nitriles is 1. The van der Waals surface area contributed by atoms with Gasteiger partial charge in [0.1, 0.15) is 28.9 Å². The molecule has 0 saturated carbocycles. The first kappa shape index (κ1) is 21.9. The Kier molecular flexibility index (Phi) is 8.03. The molecule has 3 aromatic rings. The minimum absolute atomic E-state index is 0.000418. The number of carbonyl (C=O) groups is 1. The lowest BCUT2D eigenvalue weighted by Crippen LogP contribution is -2.13. The zero-order valence-corrected chi connectivity index (χ0v) is 17.7. The number of methoxy groups -OCH3 is 1. The lowest BCUT2D eigenvalue weighted by Gasteiger charge is -2.09. The average Bonchev–Trinajstić information content (AvgIpc) is 3.31. The number of amides is 1. The van der Waals surface area contributed by atoms with Gasteiger partial charge in [-0.3, -0.25) is 10.1 Å². The largest absolute Gasteiger partial charge is 0.497 e. The Hall–Kier alpha value is -3.83. The predicted octanol–water partition coefficient (Wildman–Crippen LogP) is 4.55. The van der Waals surface area contributed by atoms with Crippen LogP contribution in [0.2, 0.25) is 0 Å². The second-order valence-electron chi connectivity index (χ2n) is 6.26. The summed E-state index contributed by atoms with van der Waals surface area (Å²) in [6, 6.07) is 16.5. The maximum Gasteiger partial charge on any atom is 0.268 e. The lowest BCUT2D eigenvalue weighted by atomic mass is 10.1. The molecule has 2 aromatic carbocycles. The van der Waals surface area contributed by atoms with Gasteiger partial charge in [-0.2, -0.15) is 5.26 Å². The van der Waals surface area contributed by atoms with Crippen molar-refractivity contribution in [1.29, 1.82) is 5.26 Å². The minimum Gasteiger partial charge on any atom is -0.497 e. The van der Waals surface area contributed by atoms with E-state index in [2.05, 4.69) is 10.3 Å². The van der Waals surface area contributed by atoms with E-state index in [0.29, 0.717) is 24.1 Å². The fourth-order valence-corrected chi connectivity index (χ4v) is 3.06. The van der Waals surface area contributed by atoms with E-state index in [1.165, 1.54) is 17.4 Å². The molecule has 0 atom stereocenters. The minimum atomic E-state index is -0.491. The number of ether oxygens (including phenoxy) is 3. The van der Waals surface area contributed by atoms with Crippen molar-refractivity contribution in [3.8, 4) is 23.3 Å². The first-order valence-electron chi connectivity index (χ1n) is 9.50. The van der Waals surface area contributed by atoms with E-state index >= 15 is 0 Å². The van der Waals surface area contributed by atoms with E-state index in [1.807, 2.05) is 30.3 Å². The summed E-state index contributed by atoms with van der Waals surface area (Å²) in [7, 11) is 1.62. The number of nitrogens with zero attached hydrogens (tertiary/aromatic N) is 2. The van der Waals surface area contributed by atoms with Crippen molar-refractivity contribution in [2.45, 2.75) is 6.42 Å². The second-order valence-corrected chi connectivity index (χ2v) is 7.15. The molecule has 0 aliphatic heterocycles. The highest BCUT2D eigenvalue weighted by atomic mass is 32.1. The lowest BCUT2D eigenvalue weighted by molar-refractivity contribution is -0.112. The van der Waals surface area contributed by atoms with Gasteiger partial charge in [0.15, 0.2) is 5.13 Å². The summed E-state index contributed by atoms with van der Waals surface area (Å²) < 4.78 is 16.5. The summed E-state index contributed by atoms with van der Waals surface area (Å²) in [5.74, 6) is 1.78. The van der Waals surface area contributed by atoms with E-state index < -0.39 is 5.91 Å². The van der Waals surface area contributed by atoms with Crippen LogP contribution in [0.4, 0.5) is 5.13 Å². The third-order valence-electron chi connectivity index (χ3n) is 4.09. The van der Waals surface area contributed by atoms with Crippen molar-refractivity contribution in [1.82, 2.24) is 4.98 Å². The fourth-order valence-electron chi connectivity index (χ4n) is 2.54. The van der Waals surface area contributed by atoms with Gasteiger partial charge in [-0.05, 0) is 48.0 Å². The molecule has 0 bridgehead atoms. The van der Waals surface area contributed by atoms with Crippen LogP contribution in [0.3, 0.4) is 0 Å². The quantitative estimate of drug-likeness (QED) is 0.285. The summed E-state index contributed by atoms with van der Waals surface area (Å²) >= 11 is 1.29. The van der Waals surface area contributed by atoms with Gasteiger partial charge in [0.25, 0.3) is 5.91 Å². The van der Waals surface area contributed by atoms with Crippen molar-refractivity contribution < 1.29 is 19.0 Å². The zero-order chi connectivity index (χ0) is 21.9. The summed E-state index contributed by atoms with van der Waals surface area (Å²) in [6.07, 6.45) is 3.83. The van der Waals surface area contributed by atoms with Crippen molar-refractivity contribution in [2.24, 2.45) is 0 Å². The normalized spacial score (nSPS) is 10.8. The first-order valence-corrected chi connectivity index (χ1v) is 10.4. The van der Waals surface area contributed by atoms with Crippen LogP contribution >= 0.6 is 11.3 Å². The second kappa shape index (κ2) is 11.4. The Morgan fingerprint density at radius 2 is 1.68 bits per heavy atom. The van der Waals surface area contributed by atoms with Crippen molar-refractivity contribution in [3.05, 3.63) is 71.2 Å². The third-order valence-corrected chi connectivity index (χ3v) is 4.78. The van der Waals surface area contributed by atoms with Crippen LogP contribution in [0, 0.1) is 11.3 Å². The van der Waals surface area contributed by atoms with Gasteiger partial charge in [0.2, 0.25) is 0 Å². The number of nitrogens with one attached hydrogen (secondary N) is 1. The van der Waals surface area contributed by atoms with E-state index in [1.54, 1.807) is 43.0 Å². The summed E-state index contributed by atoms with van der Waals surface area (Å²) in [6.45, 7) is 1.04. The molecule has 158 valence electrons. The van der Waals surface area contributed by atoms with Crippen LogP contribution in [0.15, 0.2) is 65.7 Å². The molecule has 0 spiro atoms. The number of anilines is 1. The molecule has 0 radical (unpaired) electrons. The van der Waals surface area contributed by atoms with Crippen LogP contribution in [-0.4, -0.2) is 31.2 Å². The molecule has 3 rings (SSSR count). The molecule has 31 heavy (non-hydrogen) atoms. The number of thiazole rings is 1. The monoisotopic (exact) mass is 435 g/mol. The Bertz CT molecular complexity index is 1040. The molecule has 0 unspecified atom stereocenters. The van der Waals surface area contributed by atoms with Gasteiger partial charge in [0, 0.05) is 18.0 Å². The van der Waals surface area contributed by atoms with Crippen molar-refractivity contribution in [2.75, 3.05) is 25.6 Å². The van der Waals surface area contributed by atoms with Crippen molar-refractivity contribution in [3.63, 3.8) is 0 Å². The topological polar surface area (TPSA) is 93.5 Å². The summed E-state index contributed by atoms with van der Waals surface area (Å²) in [5, 5.41) is 14.1. The molecule has 8 heteroatoms. The standard InChI is InChI=1S/C23H21N3O4S/c1-28-19-7-9-21(10-8-19)30-13-2-12-29-20-5-3-17(4-6-20)15-18(16-24)22(27)26-23-25-11-14-31-23/h3-11,14-15H,2,12-13H2,1H3,(H,25,26,27)/b18-15-. The maximum absolute atomic E-state index is 12.2. The summed E-state index contributed by atoms with van der Waals surface area (Å²) in [4.78, 5) is 16.1. The number of benzene rings is 2. The van der Waals surface area contributed by atoms with Gasteiger partial charge in [-0.15, -0.1) is 11.3 Å². The van der Waals surface area contributed by atoms with Crippen LogP contribution in [0.25, 0.3) is 6.08 Å². The number of aromatic nitrogens is 1. The fraction of sp³-hybridized carbons (Fsp3) is 0.174. The average molecular weight is 436 g/mol. The molecule has 0 aliphatic carbocycles. The maximum atomic E-state index is 12.2. The highest BCUT2D eigenvalue weighted by Gasteiger charge is 2.10. The molecular weight excluding hydrogens is 414 g/mol. The molecule has 1 heterocycles. The van der Waals surface area contributed by atoms with Gasteiger partial charge < -0.3 is 14.2 Å². The van der Waals surface area contributed by atoms with Crippen LogP contribution in [-0.2, 0) is 4.79 Å². The number of carbonyl (C=O) groups excluding carboxylic acids is 1. The molecule has 1 amide bonds. The molecule has 0 saturated heterocycles. The molecule has 1 N–H and O–H groups in total. The molecule has 0 aliphatic rings. The SMILES string of the molecule is COc1ccc(OCCCOc2ccc(/C=C(/C#N)C(=O)Nc3nccs3)cc2)cc1. The molecule has 7 nitrogen and oxygen atoms in total. The van der Waals surface area contributed by atoms with E-state index in [-0.39, 0.29) is 5.57 Å². The van der Waals surface area contributed by atoms with Crippen LogP contribution in [0.5, 0.6) is 17.2 Å². The molecular formula is C23H21N3O4S.